The van der Waals surface area contributed by atoms with Gasteiger partial charge in [0.1, 0.15) is 0 Å². The van der Waals surface area contributed by atoms with Gasteiger partial charge in [-0.25, -0.2) is 4.70 Å². The molecule has 0 spiro atoms. The molecule has 46 heavy (non-hydrogen) atoms. The second-order valence-corrected chi connectivity index (χ2v) is 12.8. The number of unbranched alkanes of at least 4 members (excludes halogenated alkanes) is 8. The van der Waals surface area contributed by atoms with Crippen LogP contribution in [0.1, 0.15) is 172 Å². The Labute approximate surface area is 296 Å². The van der Waals surface area contributed by atoms with Crippen LogP contribution in [-0.4, -0.2) is 4.70 Å². The molecule has 2 aromatic rings. The Balaban J connectivity index is 0.00000201. The Kier molecular flexibility index (Phi) is 25.8. The molecule has 0 N–H and O–H groups in total. The number of hydrogen-bond acceptors (Lipinski definition) is 0. The van der Waals surface area contributed by atoms with Crippen LogP contribution in [0.5, 0.6) is 0 Å². The van der Waals surface area contributed by atoms with Gasteiger partial charge in [0.25, 0.3) is 0 Å². The van der Waals surface area contributed by atoms with Crippen molar-refractivity contribution in [3.8, 4) is 0 Å². The molecule has 0 saturated heterocycles. The maximum absolute atomic E-state index is 11.6. The van der Waals surface area contributed by atoms with Crippen molar-refractivity contribution in [2.75, 3.05) is 0 Å². The zero-order chi connectivity index (χ0) is 33.5. The predicted octanol–water partition coefficient (Wildman–Crippen LogP) is 13.9. The van der Waals surface area contributed by atoms with Crippen molar-refractivity contribution in [1.82, 2.24) is 0 Å². The number of hydrogen-bond donors (Lipinski definition) is 0. The molecule has 0 amide bonds. The molecular weight excluding hydrogens is 603 g/mol. The Morgan fingerprint density at radius 1 is 0.522 bits per heavy atom. The first-order chi connectivity index (χ1) is 21.8. The van der Waals surface area contributed by atoms with Gasteiger partial charge in [-0.15, -0.1) is 0 Å². The molecule has 0 radical (unpaired) electrons. The largest absolute Gasteiger partial charge is 2.00 e. The smallest absolute Gasteiger partial charge is 0.493 e. The third-order valence-electron chi connectivity index (χ3n) is 8.32. The van der Waals surface area contributed by atoms with Crippen LogP contribution in [0.15, 0.2) is 48.0 Å². The summed E-state index contributed by atoms with van der Waals surface area (Å²) in [7, 11) is 0. The van der Waals surface area contributed by atoms with E-state index >= 15 is 0 Å². The molecule has 0 aliphatic carbocycles. The first-order valence-corrected chi connectivity index (χ1v) is 18.6. The van der Waals surface area contributed by atoms with Gasteiger partial charge >= 0.3 is 16.5 Å². The topological polar surface area (TPSA) is 25.3 Å². The molecule has 1 heterocycles. The number of nitrogens with zero attached hydrogens (tertiary/aromatic N) is 2. The van der Waals surface area contributed by atoms with Crippen LogP contribution < -0.4 is 0 Å². The normalized spacial score (nSPS) is 12.2. The molecule has 2 nitrogen and oxygen atoms in total. The zero-order valence-corrected chi connectivity index (χ0v) is 31.9. The molecule has 0 aromatic heterocycles. The molecular formula is C43H68N2Ni. The summed E-state index contributed by atoms with van der Waals surface area (Å²) in [6.07, 6.45) is 23.4. The fourth-order valence-electron chi connectivity index (χ4n) is 5.48. The minimum absolute atomic E-state index is 0. The number of benzene rings is 2. The van der Waals surface area contributed by atoms with Crippen molar-refractivity contribution in [3.05, 3.63) is 101 Å². The van der Waals surface area contributed by atoms with Crippen LogP contribution in [-0.2, 0) is 42.2 Å². The van der Waals surface area contributed by atoms with Crippen molar-refractivity contribution in [1.29, 1.82) is 0 Å². The van der Waals surface area contributed by atoms with Crippen LogP contribution in [0.25, 0.3) is 16.9 Å². The molecule has 0 bridgehead atoms. The van der Waals surface area contributed by atoms with E-state index in [0.717, 1.165) is 66.6 Å². The Bertz CT molecular complexity index is 1170. The van der Waals surface area contributed by atoms with E-state index in [1.54, 1.807) is 0 Å². The SMILES string of the molecule is CCCCCc1cc(CCCC)cc(C2=CC(C)=C(c3cc(CCCC)cc(CCCCC)c3)[N+]2=[N-])c1.[CH2-]CCC.[CH2-]CCC.[Ni+2]. The second kappa shape index (κ2) is 27.0. The summed E-state index contributed by atoms with van der Waals surface area (Å²) in [5.74, 6) is 0. The molecule has 1 aliphatic heterocycles. The summed E-state index contributed by atoms with van der Waals surface area (Å²) < 4.78 is 1.47. The molecule has 0 unspecified atom stereocenters. The average molecular weight is 672 g/mol. The van der Waals surface area contributed by atoms with Crippen LogP contribution >= 0.6 is 0 Å². The van der Waals surface area contributed by atoms with E-state index in [0.29, 0.717) is 0 Å². The van der Waals surface area contributed by atoms with Gasteiger partial charge < -0.3 is 19.4 Å². The van der Waals surface area contributed by atoms with E-state index in [2.05, 4.69) is 105 Å². The summed E-state index contributed by atoms with van der Waals surface area (Å²) in [6, 6.07) is 14.0. The zero-order valence-electron chi connectivity index (χ0n) is 30.9. The summed E-state index contributed by atoms with van der Waals surface area (Å²) >= 11 is 0. The number of allylic oxidation sites excluding steroid dienone is 2. The fourth-order valence-corrected chi connectivity index (χ4v) is 5.48. The Hall–Kier alpha value is -1.99. The number of aryl methyl sites for hydroxylation is 4. The maximum atomic E-state index is 11.6. The molecule has 0 fully saturated rings. The monoisotopic (exact) mass is 670 g/mol. The van der Waals surface area contributed by atoms with Crippen molar-refractivity contribution < 1.29 is 21.2 Å². The van der Waals surface area contributed by atoms with Crippen molar-refractivity contribution in [2.45, 2.75) is 164 Å². The van der Waals surface area contributed by atoms with Crippen LogP contribution in [0, 0.1) is 13.8 Å². The van der Waals surface area contributed by atoms with Crippen molar-refractivity contribution >= 4 is 11.4 Å². The van der Waals surface area contributed by atoms with Gasteiger partial charge in [-0.05, 0) is 105 Å². The molecule has 3 rings (SSSR count). The molecule has 260 valence electrons. The summed E-state index contributed by atoms with van der Waals surface area (Å²) in [5.41, 5.74) is 22.4. The van der Waals surface area contributed by atoms with Gasteiger partial charge in [-0.1, -0.05) is 105 Å². The summed E-state index contributed by atoms with van der Waals surface area (Å²) in [4.78, 5) is 0. The van der Waals surface area contributed by atoms with E-state index in [-0.39, 0.29) is 16.5 Å². The minimum Gasteiger partial charge on any atom is -0.493 e. The first-order valence-electron chi connectivity index (χ1n) is 18.6. The predicted molar refractivity (Wildman–Crippen MR) is 201 cm³/mol. The maximum Gasteiger partial charge on any atom is 2.00 e. The van der Waals surface area contributed by atoms with Crippen LogP contribution in [0.4, 0.5) is 0 Å². The molecule has 0 atom stereocenters. The molecule has 3 heteroatoms. The quantitative estimate of drug-likeness (QED) is 0.0652. The fraction of sp³-hybridized carbons (Fsp3) is 0.581. The second-order valence-electron chi connectivity index (χ2n) is 12.8. The van der Waals surface area contributed by atoms with Gasteiger partial charge in [-0.2, -0.15) is 12.8 Å². The Morgan fingerprint density at radius 3 is 1.22 bits per heavy atom. The third kappa shape index (κ3) is 16.2. The molecule has 0 saturated carbocycles. The van der Waals surface area contributed by atoms with Gasteiger partial charge in [0, 0.05) is 22.8 Å². The van der Waals surface area contributed by atoms with Gasteiger partial charge in [-0.3, -0.25) is 0 Å². The van der Waals surface area contributed by atoms with E-state index in [1.165, 1.54) is 104 Å². The molecule has 1 aliphatic rings. The van der Waals surface area contributed by atoms with Crippen LogP contribution in [0.2, 0.25) is 0 Å². The summed E-state index contributed by atoms with van der Waals surface area (Å²) in [6.45, 7) is 22.6. The van der Waals surface area contributed by atoms with Gasteiger partial charge in [0.05, 0.1) is 0 Å². The van der Waals surface area contributed by atoms with E-state index in [9.17, 15) is 5.53 Å². The van der Waals surface area contributed by atoms with Gasteiger partial charge in [0.2, 0.25) is 11.4 Å². The van der Waals surface area contributed by atoms with Crippen LogP contribution in [0.3, 0.4) is 0 Å². The summed E-state index contributed by atoms with van der Waals surface area (Å²) in [5, 5.41) is 0. The van der Waals surface area contributed by atoms with Crippen molar-refractivity contribution in [2.24, 2.45) is 0 Å². The standard InChI is InChI=1S/C35H50N2.2C4H9.Ni/c1-6-10-14-18-30-21-28(16-12-8-3)23-32(24-30)34-20-27(5)35(37(34)36)33-25-29(17-13-9-4)22-31(26-33)19-15-11-7-2;2*1-3-4-2;/h20-26H,6-19H2,1-5H3;2*1,3-4H2,2H3;/q;2*-1;+2. The average Bonchev–Trinajstić information content (AvgIpc) is 3.36. The third-order valence-corrected chi connectivity index (χ3v) is 8.32. The van der Waals surface area contributed by atoms with E-state index in [4.69, 9.17) is 0 Å². The van der Waals surface area contributed by atoms with E-state index < -0.39 is 0 Å². The van der Waals surface area contributed by atoms with E-state index in [1.807, 2.05) is 0 Å². The first kappa shape index (κ1) is 44.0. The molecule has 2 aromatic carbocycles. The Morgan fingerprint density at radius 2 is 0.870 bits per heavy atom. The van der Waals surface area contributed by atoms with Gasteiger partial charge in [0.15, 0.2) is 0 Å². The number of rotatable bonds is 18. The minimum atomic E-state index is 0. The van der Waals surface area contributed by atoms with Crippen molar-refractivity contribution in [3.63, 3.8) is 0 Å².